The van der Waals surface area contributed by atoms with Gasteiger partial charge in [0, 0.05) is 18.5 Å². The Hall–Kier alpha value is -1.44. The summed E-state index contributed by atoms with van der Waals surface area (Å²) in [5.74, 6) is 0. The molecule has 0 atom stereocenters. The molecule has 0 bridgehead atoms. The molecule has 0 aromatic rings. The Morgan fingerprint density at radius 3 is 2.50 bits per heavy atom. The van der Waals surface area contributed by atoms with Gasteiger partial charge >= 0.3 is 0 Å². The van der Waals surface area contributed by atoms with Crippen molar-refractivity contribution in [2.24, 2.45) is 9.98 Å². The van der Waals surface area contributed by atoms with Gasteiger partial charge in [0.25, 0.3) is 0 Å². The number of nitrogens with zero attached hydrogens (tertiary/aromatic N) is 2. The summed E-state index contributed by atoms with van der Waals surface area (Å²) in [6, 6.07) is 0.331. The lowest BCUT2D eigenvalue weighted by atomic mass is 10.1. The first kappa shape index (κ1) is 12.6. The maximum atomic E-state index is 4.22. The molecule has 0 fully saturated rings. The van der Waals surface area contributed by atoms with E-state index in [1.807, 2.05) is 32.9 Å². The van der Waals surface area contributed by atoms with Crippen molar-refractivity contribution in [1.82, 2.24) is 0 Å². The average Bonchev–Trinajstić information content (AvgIpc) is 2.13. The lowest BCUT2D eigenvalue weighted by molar-refractivity contribution is 0.841. The van der Waals surface area contributed by atoms with E-state index in [2.05, 4.69) is 23.3 Å². The minimum Gasteiger partial charge on any atom is -0.290 e. The van der Waals surface area contributed by atoms with Crippen LogP contribution in [0.25, 0.3) is 0 Å². The first-order valence-corrected chi connectivity index (χ1v) is 4.59. The predicted octanol–water partition coefficient (Wildman–Crippen LogP) is 3.18. The standard InChI is InChI=1S/C12H18N2/c1-10(2)14-9-7-12(4)11(3)6-8-13-5/h6-10H,3,5H2,1-2,4H3/b8-6-,12-7+,14-9?. The van der Waals surface area contributed by atoms with Crippen molar-refractivity contribution in [3.63, 3.8) is 0 Å². The maximum Gasteiger partial charge on any atom is 0.0443 e. The third kappa shape index (κ3) is 6.12. The molecule has 0 saturated heterocycles. The van der Waals surface area contributed by atoms with Gasteiger partial charge in [0.05, 0.1) is 0 Å². The average molecular weight is 190 g/mol. The fourth-order valence-electron chi connectivity index (χ4n) is 0.708. The van der Waals surface area contributed by atoms with Crippen LogP contribution in [0.1, 0.15) is 20.8 Å². The molecular formula is C12H18N2. The van der Waals surface area contributed by atoms with Gasteiger partial charge in [0.2, 0.25) is 0 Å². The van der Waals surface area contributed by atoms with Crippen LogP contribution in [0, 0.1) is 0 Å². The van der Waals surface area contributed by atoms with E-state index in [0.717, 1.165) is 11.1 Å². The van der Waals surface area contributed by atoms with Crippen molar-refractivity contribution in [1.29, 1.82) is 0 Å². The second kappa shape index (κ2) is 7.01. The topological polar surface area (TPSA) is 24.7 Å². The Bertz CT molecular complexity index is 281. The molecule has 2 heteroatoms. The number of rotatable bonds is 5. The molecule has 0 amide bonds. The molecule has 0 aliphatic carbocycles. The van der Waals surface area contributed by atoms with Crippen molar-refractivity contribution in [2.45, 2.75) is 26.8 Å². The minimum atomic E-state index is 0.331. The first-order valence-electron chi connectivity index (χ1n) is 4.59. The van der Waals surface area contributed by atoms with Crippen LogP contribution in [-0.4, -0.2) is 19.0 Å². The van der Waals surface area contributed by atoms with Crippen LogP contribution in [0.4, 0.5) is 0 Å². The number of hydrogen-bond donors (Lipinski definition) is 0. The largest absolute Gasteiger partial charge is 0.290 e. The molecule has 0 heterocycles. The Labute approximate surface area is 86.5 Å². The second-order valence-electron chi connectivity index (χ2n) is 3.27. The molecule has 0 aromatic carbocycles. The molecule has 0 radical (unpaired) electrons. The summed E-state index contributed by atoms with van der Waals surface area (Å²) in [5, 5.41) is 0. The highest BCUT2D eigenvalue weighted by molar-refractivity contribution is 5.73. The Morgan fingerprint density at radius 2 is 2.00 bits per heavy atom. The molecule has 76 valence electrons. The van der Waals surface area contributed by atoms with Gasteiger partial charge in [-0.3, -0.25) is 9.98 Å². The summed E-state index contributed by atoms with van der Waals surface area (Å²) < 4.78 is 0. The summed E-state index contributed by atoms with van der Waals surface area (Å²) >= 11 is 0. The normalized spacial score (nSPS) is 13.0. The molecule has 14 heavy (non-hydrogen) atoms. The SMILES string of the molecule is C=N/C=C\C(=C)/C(C)=C/C=NC(C)C. The van der Waals surface area contributed by atoms with Gasteiger partial charge in [-0.25, -0.2) is 0 Å². The Kier molecular flexibility index (Phi) is 6.29. The van der Waals surface area contributed by atoms with Crippen LogP contribution in [-0.2, 0) is 0 Å². The summed E-state index contributed by atoms with van der Waals surface area (Å²) in [6.45, 7) is 13.3. The minimum absolute atomic E-state index is 0.331. The van der Waals surface area contributed by atoms with Gasteiger partial charge in [-0.1, -0.05) is 6.58 Å². The van der Waals surface area contributed by atoms with Crippen LogP contribution in [0.2, 0.25) is 0 Å². The van der Waals surface area contributed by atoms with Gasteiger partial charge in [-0.15, -0.1) is 0 Å². The van der Waals surface area contributed by atoms with Crippen LogP contribution < -0.4 is 0 Å². The summed E-state index contributed by atoms with van der Waals surface area (Å²) in [4.78, 5) is 7.84. The van der Waals surface area contributed by atoms with Gasteiger partial charge in [-0.2, -0.15) is 0 Å². The lowest BCUT2D eigenvalue weighted by Crippen LogP contribution is -1.88. The van der Waals surface area contributed by atoms with Gasteiger partial charge < -0.3 is 0 Å². The van der Waals surface area contributed by atoms with E-state index in [0.29, 0.717) is 6.04 Å². The number of aliphatic imine (C=N–C) groups is 2. The zero-order chi connectivity index (χ0) is 11.0. The molecule has 2 nitrogen and oxygen atoms in total. The fourth-order valence-corrected chi connectivity index (χ4v) is 0.708. The monoisotopic (exact) mass is 190 g/mol. The molecule has 0 aliphatic rings. The summed E-state index contributed by atoms with van der Waals surface area (Å²) in [7, 11) is 0. The highest BCUT2D eigenvalue weighted by Crippen LogP contribution is 2.06. The third-order valence-corrected chi connectivity index (χ3v) is 1.60. The van der Waals surface area contributed by atoms with Crippen LogP contribution in [0.5, 0.6) is 0 Å². The van der Waals surface area contributed by atoms with Crippen LogP contribution in [0.3, 0.4) is 0 Å². The summed E-state index contributed by atoms with van der Waals surface area (Å²) in [6.07, 6.45) is 7.19. The molecule has 0 N–H and O–H groups in total. The van der Waals surface area contributed by atoms with E-state index in [1.165, 1.54) is 0 Å². The third-order valence-electron chi connectivity index (χ3n) is 1.60. The van der Waals surface area contributed by atoms with E-state index < -0.39 is 0 Å². The van der Waals surface area contributed by atoms with Crippen molar-refractivity contribution in [2.75, 3.05) is 0 Å². The zero-order valence-electron chi connectivity index (χ0n) is 9.20. The van der Waals surface area contributed by atoms with Crippen molar-refractivity contribution >= 4 is 12.9 Å². The molecule has 0 rings (SSSR count). The van der Waals surface area contributed by atoms with Crippen molar-refractivity contribution in [3.05, 3.63) is 36.1 Å². The number of hydrogen-bond acceptors (Lipinski definition) is 2. The van der Waals surface area contributed by atoms with Gasteiger partial charge in [0.1, 0.15) is 0 Å². The molecular weight excluding hydrogens is 172 g/mol. The molecule has 0 unspecified atom stereocenters. The van der Waals surface area contributed by atoms with Gasteiger partial charge in [-0.05, 0) is 50.8 Å². The second-order valence-corrected chi connectivity index (χ2v) is 3.27. The van der Waals surface area contributed by atoms with E-state index in [1.54, 1.807) is 12.4 Å². The van der Waals surface area contributed by atoms with E-state index >= 15 is 0 Å². The molecule has 0 saturated carbocycles. The zero-order valence-corrected chi connectivity index (χ0v) is 9.20. The Morgan fingerprint density at radius 1 is 1.36 bits per heavy atom. The van der Waals surface area contributed by atoms with Crippen LogP contribution >= 0.6 is 0 Å². The number of allylic oxidation sites excluding steroid dienone is 4. The van der Waals surface area contributed by atoms with E-state index in [-0.39, 0.29) is 0 Å². The van der Waals surface area contributed by atoms with E-state index in [4.69, 9.17) is 0 Å². The highest BCUT2D eigenvalue weighted by atomic mass is 14.7. The van der Waals surface area contributed by atoms with E-state index in [9.17, 15) is 0 Å². The Balaban J connectivity index is 4.31. The maximum absolute atomic E-state index is 4.22. The lowest BCUT2D eigenvalue weighted by Gasteiger charge is -1.97. The quantitative estimate of drug-likeness (QED) is 0.470. The highest BCUT2D eigenvalue weighted by Gasteiger charge is 1.89. The van der Waals surface area contributed by atoms with Gasteiger partial charge in [0.15, 0.2) is 0 Å². The molecule has 0 aromatic heterocycles. The summed E-state index contributed by atoms with van der Waals surface area (Å²) in [5.41, 5.74) is 2.00. The van der Waals surface area contributed by atoms with Crippen molar-refractivity contribution in [3.8, 4) is 0 Å². The molecule has 0 spiro atoms. The predicted molar refractivity (Wildman–Crippen MR) is 65.2 cm³/mol. The first-order chi connectivity index (χ1) is 6.57. The smallest absolute Gasteiger partial charge is 0.0443 e. The molecule has 0 aliphatic heterocycles. The fraction of sp³-hybridized carbons (Fsp3) is 0.333. The van der Waals surface area contributed by atoms with Crippen LogP contribution in [0.15, 0.2) is 46.1 Å². The van der Waals surface area contributed by atoms with Crippen molar-refractivity contribution < 1.29 is 0 Å².